The van der Waals surface area contributed by atoms with E-state index in [9.17, 15) is 4.79 Å². The molecule has 1 aromatic carbocycles. The van der Waals surface area contributed by atoms with Crippen LogP contribution in [0.25, 0.3) is 0 Å². The minimum Gasteiger partial charge on any atom is -0.496 e. The fourth-order valence-electron chi connectivity index (χ4n) is 1.43. The van der Waals surface area contributed by atoms with Gasteiger partial charge in [0.2, 0.25) is 6.39 Å². The van der Waals surface area contributed by atoms with Crippen LogP contribution in [0.1, 0.15) is 16.2 Å². The van der Waals surface area contributed by atoms with Crippen LogP contribution in [-0.4, -0.2) is 23.2 Å². The highest BCUT2D eigenvalue weighted by Crippen LogP contribution is 2.20. The van der Waals surface area contributed by atoms with E-state index in [0.29, 0.717) is 22.8 Å². The number of rotatable bonds is 4. The van der Waals surface area contributed by atoms with Crippen molar-refractivity contribution < 1.29 is 14.1 Å². The molecule has 0 bridgehead atoms. The summed E-state index contributed by atoms with van der Waals surface area (Å²) in [6, 6.07) is 4.85. The number of benzene rings is 1. The third kappa shape index (κ3) is 2.57. The summed E-state index contributed by atoms with van der Waals surface area (Å²) >= 11 is 0. The first-order valence-electron chi connectivity index (χ1n) is 5.17. The lowest BCUT2D eigenvalue weighted by atomic mass is 10.1. The number of carbonyl (C=O) groups excluding carboxylic acids is 1. The van der Waals surface area contributed by atoms with E-state index in [1.807, 2.05) is 0 Å². The molecule has 0 aliphatic carbocycles. The number of anilines is 1. The predicted octanol–water partition coefficient (Wildman–Crippen LogP) is 0.590. The van der Waals surface area contributed by atoms with Crippen LogP contribution in [0.2, 0.25) is 0 Å². The molecule has 0 fully saturated rings. The van der Waals surface area contributed by atoms with Crippen molar-refractivity contribution in [2.24, 2.45) is 0 Å². The molecule has 3 N–H and O–H groups in total. The van der Waals surface area contributed by atoms with E-state index < -0.39 is 0 Å². The van der Waals surface area contributed by atoms with Crippen LogP contribution in [-0.2, 0) is 6.54 Å². The minimum absolute atomic E-state index is 0.174. The van der Waals surface area contributed by atoms with Gasteiger partial charge in [-0.25, -0.2) is 0 Å². The molecule has 1 amide bonds. The van der Waals surface area contributed by atoms with E-state index in [1.54, 1.807) is 18.2 Å². The number of hydrogen-bond donors (Lipinski definition) is 2. The summed E-state index contributed by atoms with van der Waals surface area (Å²) in [7, 11) is 1.49. The van der Waals surface area contributed by atoms with Crippen molar-refractivity contribution in [2.45, 2.75) is 6.54 Å². The van der Waals surface area contributed by atoms with Crippen molar-refractivity contribution in [3.8, 4) is 5.75 Å². The first kappa shape index (κ1) is 11.9. The maximum Gasteiger partial charge on any atom is 0.255 e. The second kappa shape index (κ2) is 5.17. The predicted molar refractivity (Wildman–Crippen MR) is 62.9 cm³/mol. The highest BCUT2D eigenvalue weighted by Gasteiger charge is 2.13. The van der Waals surface area contributed by atoms with Gasteiger partial charge in [0.05, 0.1) is 19.2 Å². The van der Waals surface area contributed by atoms with Crippen LogP contribution in [0.4, 0.5) is 5.69 Å². The van der Waals surface area contributed by atoms with Crippen LogP contribution in [0.15, 0.2) is 29.1 Å². The standard InChI is InChI=1S/C11H12N4O3/c1-17-9-3-2-7(12)4-8(9)11(16)13-5-10-14-6-18-15-10/h2-4,6H,5,12H2,1H3,(H,13,16). The van der Waals surface area contributed by atoms with E-state index in [-0.39, 0.29) is 12.5 Å². The Labute approximate surface area is 103 Å². The molecule has 2 aromatic rings. The van der Waals surface area contributed by atoms with Gasteiger partial charge in [0.15, 0.2) is 5.82 Å². The molecular weight excluding hydrogens is 236 g/mol. The number of hydrogen-bond acceptors (Lipinski definition) is 6. The summed E-state index contributed by atoms with van der Waals surface area (Å²) < 4.78 is 9.65. The van der Waals surface area contributed by atoms with Gasteiger partial charge in [0.25, 0.3) is 5.91 Å². The largest absolute Gasteiger partial charge is 0.496 e. The zero-order chi connectivity index (χ0) is 13.0. The lowest BCUT2D eigenvalue weighted by molar-refractivity contribution is 0.0946. The van der Waals surface area contributed by atoms with Crippen molar-refractivity contribution in [3.05, 3.63) is 36.0 Å². The second-order valence-electron chi connectivity index (χ2n) is 3.49. The van der Waals surface area contributed by atoms with E-state index in [0.717, 1.165) is 0 Å². The van der Waals surface area contributed by atoms with E-state index >= 15 is 0 Å². The van der Waals surface area contributed by atoms with Gasteiger partial charge in [-0.1, -0.05) is 5.16 Å². The Morgan fingerprint density at radius 1 is 1.56 bits per heavy atom. The van der Waals surface area contributed by atoms with Crippen LogP contribution >= 0.6 is 0 Å². The Kier molecular flexibility index (Phi) is 3.42. The second-order valence-corrected chi connectivity index (χ2v) is 3.49. The molecule has 1 heterocycles. The molecule has 7 heteroatoms. The zero-order valence-electron chi connectivity index (χ0n) is 9.71. The Balaban J connectivity index is 2.10. The van der Waals surface area contributed by atoms with E-state index in [2.05, 4.69) is 20.0 Å². The number of nitrogens with two attached hydrogens (primary N) is 1. The summed E-state index contributed by atoms with van der Waals surface area (Å²) in [6.07, 6.45) is 1.20. The molecule has 1 aromatic heterocycles. The van der Waals surface area contributed by atoms with E-state index in [1.165, 1.54) is 13.5 Å². The van der Waals surface area contributed by atoms with Crippen molar-refractivity contribution >= 4 is 11.6 Å². The van der Waals surface area contributed by atoms with Crippen molar-refractivity contribution in [1.29, 1.82) is 0 Å². The summed E-state index contributed by atoms with van der Waals surface area (Å²) in [4.78, 5) is 15.7. The Morgan fingerprint density at radius 3 is 3.06 bits per heavy atom. The first-order chi connectivity index (χ1) is 8.70. The van der Waals surface area contributed by atoms with Gasteiger partial charge < -0.3 is 20.3 Å². The first-order valence-corrected chi connectivity index (χ1v) is 5.17. The maximum atomic E-state index is 11.9. The lowest BCUT2D eigenvalue weighted by Crippen LogP contribution is -2.24. The molecule has 0 spiro atoms. The molecule has 0 aliphatic rings. The van der Waals surface area contributed by atoms with E-state index in [4.69, 9.17) is 10.5 Å². The van der Waals surface area contributed by atoms with Gasteiger partial charge >= 0.3 is 0 Å². The van der Waals surface area contributed by atoms with Gasteiger partial charge in [-0.05, 0) is 18.2 Å². The van der Waals surface area contributed by atoms with Gasteiger partial charge in [-0.3, -0.25) is 4.79 Å². The zero-order valence-corrected chi connectivity index (χ0v) is 9.71. The maximum absolute atomic E-state index is 11.9. The van der Waals surface area contributed by atoms with Gasteiger partial charge in [-0.15, -0.1) is 0 Å². The summed E-state index contributed by atoms with van der Waals surface area (Å²) in [5.41, 5.74) is 6.48. The quantitative estimate of drug-likeness (QED) is 0.767. The number of ether oxygens (including phenoxy) is 1. The average Bonchev–Trinajstić information content (AvgIpc) is 2.89. The van der Waals surface area contributed by atoms with Gasteiger partial charge in [0, 0.05) is 5.69 Å². The molecular formula is C11H12N4O3. The SMILES string of the molecule is COc1ccc(N)cc1C(=O)NCc1ncon1. The van der Waals surface area contributed by atoms with Crippen molar-refractivity contribution in [1.82, 2.24) is 15.5 Å². The Hall–Kier alpha value is -2.57. The molecule has 0 saturated carbocycles. The minimum atomic E-state index is -0.316. The Morgan fingerprint density at radius 2 is 2.39 bits per heavy atom. The topological polar surface area (TPSA) is 103 Å². The molecule has 7 nitrogen and oxygen atoms in total. The fourth-order valence-corrected chi connectivity index (χ4v) is 1.43. The van der Waals surface area contributed by atoms with Crippen LogP contribution in [0, 0.1) is 0 Å². The number of nitrogens with one attached hydrogen (secondary N) is 1. The number of nitrogens with zero attached hydrogens (tertiary/aromatic N) is 2. The summed E-state index contributed by atoms with van der Waals surface area (Å²) in [6.45, 7) is 0.174. The lowest BCUT2D eigenvalue weighted by Gasteiger charge is -2.08. The summed E-state index contributed by atoms with van der Waals surface area (Å²) in [5, 5.41) is 6.23. The molecule has 18 heavy (non-hydrogen) atoms. The average molecular weight is 248 g/mol. The number of nitrogen functional groups attached to an aromatic ring is 1. The van der Waals surface area contributed by atoms with Gasteiger partial charge in [-0.2, -0.15) is 4.98 Å². The Bertz CT molecular complexity index is 539. The van der Waals surface area contributed by atoms with Crippen molar-refractivity contribution in [3.63, 3.8) is 0 Å². The molecule has 94 valence electrons. The monoisotopic (exact) mass is 248 g/mol. The fraction of sp³-hybridized carbons (Fsp3) is 0.182. The molecule has 0 atom stereocenters. The summed E-state index contributed by atoms with van der Waals surface area (Å²) in [5.74, 6) is 0.532. The molecule has 2 rings (SSSR count). The smallest absolute Gasteiger partial charge is 0.255 e. The number of amides is 1. The number of carbonyl (C=O) groups is 1. The number of aromatic nitrogens is 2. The third-order valence-corrected chi connectivity index (χ3v) is 2.28. The third-order valence-electron chi connectivity index (χ3n) is 2.28. The molecule has 0 saturated heterocycles. The normalized spacial score (nSPS) is 10.1. The highest BCUT2D eigenvalue weighted by molar-refractivity contribution is 5.97. The number of methoxy groups -OCH3 is 1. The molecule has 0 aliphatic heterocycles. The van der Waals surface area contributed by atoms with Crippen LogP contribution < -0.4 is 15.8 Å². The van der Waals surface area contributed by atoms with Crippen molar-refractivity contribution in [2.75, 3.05) is 12.8 Å². The van der Waals surface area contributed by atoms with Crippen LogP contribution in [0.5, 0.6) is 5.75 Å². The van der Waals surface area contributed by atoms with Crippen LogP contribution in [0.3, 0.4) is 0 Å². The molecule has 0 radical (unpaired) electrons. The van der Waals surface area contributed by atoms with Gasteiger partial charge in [0.1, 0.15) is 5.75 Å². The highest BCUT2D eigenvalue weighted by atomic mass is 16.5. The molecule has 0 unspecified atom stereocenters.